The Morgan fingerprint density at radius 1 is 0.571 bits per heavy atom. The Balaban J connectivity index is 0.00000441. The molecule has 2 N–H and O–H groups in total. The second-order valence-electron chi connectivity index (χ2n) is 15.9. The standard InChI is InChI=1S/C36H54N2O2.BrH.Mn/c1-33(2,3)25-17-23(31(39)27(19-25)35(7,8)9)21-37-29-15-13-14-16-30(29)38-22-24-18-26(34(4,5)6)20-28(32(24)40)36(10,11)12;;/h17-22,29-30,39-40H,13-16H2,1-12H3;1H;/p-1/t29-,30-;;/m1../s1. The molecule has 235 valence electrons. The second-order valence-corrected chi connectivity index (χ2v) is 15.9. The fourth-order valence-electron chi connectivity index (χ4n) is 5.31. The quantitative estimate of drug-likeness (QED) is 0.301. The summed E-state index contributed by atoms with van der Waals surface area (Å²) in [5.74, 6) is 0.637. The number of aliphatic imine (C=N–C) groups is 2. The molecule has 42 heavy (non-hydrogen) atoms. The van der Waals surface area contributed by atoms with E-state index in [0.717, 1.165) is 47.9 Å². The fourth-order valence-corrected chi connectivity index (χ4v) is 5.31. The number of rotatable bonds is 4. The van der Waals surface area contributed by atoms with Gasteiger partial charge in [0.1, 0.15) is 11.5 Å². The van der Waals surface area contributed by atoms with E-state index in [1.807, 2.05) is 12.4 Å². The Morgan fingerprint density at radius 2 is 0.881 bits per heavy atom. The van der Waals surface area contributed by atoms with E-state index in [2.05, 4.69) is 107 Å². The molecule has 0 bridgehead atoms. The zero-order chi connectivity index (χ0) is 30.3. The maximum atomic E-state index is 11.2. The molecule has 1 saturated carbocycles. The van der Waals surface area contributed by atoms with Gasteiger partial charge in [-0.3, -0.25) is 9.98 Å². The van der Waals surface area contributed by atoms with Crippen molar-refractivity contribution in [3.63, 3.8) is 0 Å². The Morgan fingerprint density at radius 3 is 1.14 bits per heavy atom. The third-order valence-electron chi connectivity index (χ3n) is 8.13. The van der Waals surface area contributed by atoms with Gasteiger partial charge < -0.3 is 27.2 Å². The minimum absolute atomic E-state index is 0. The summed E-state index contributed by atoms with van der Waals surface area (Å²) in [7, 11) is 0. The maximum Gasteiger partial charge on any atom is 0.128 e. The van der Waals surface area contributed by atoms with Crippen LogP contribution >= 0.6 is 0 Å². The van der Waals surface area contributed by atoms with E-state index in [4.69, 9.17) is 9.98 Å². The molecule has 0 unspecified atom stereocenters. The molecule has 1 aliphatic carbocycles. The van der Waals surface area contributed by atoms with Gasteiger partial charge in [-0.1, -0.05) is 108 Å². The molecule has 1 fully saturated rings. The summed E-state index contributed by atoms with van der Waals surface area (Å²) in [6.45, 7) is 26.0. The van der Waals surface area contributed by atoms with Crippen molar-refractivity contribution in [1.29, 1.82) is 0 Å². The summed E-state index contributed by atoms with van der Waals surface area (Å²) >= 11 is 0. The molecule has 0 aromatic heterocycles. The normalized spacial score (nSPS) is 18.7. The van der Waals surface area contributed by atoms with E-state index in [-0.39, 0.29) is 67.8 Å². The van der Waals surface area contributed by atoms with E-state index in [1.54, 1.807) is 0 Å². The zero-order valence-corrected chi connectivity index (χ0v) is 30.8. The zero-order valence-electron chi connectivity index (χ0n) is 28.0. The fraction of sp³-hybridized carbons (Fsp3) is 0.611. The first kappa shape index (κ1) is 38.4. The topological polar surface area (TPSA) is 65.2 Å². The van der Waals surface area contributed by atoms with Crippen molar-refractivity contribution in [2.75, 3.05) is 0 Å². The van der Waals surface area contributed by atoms with Crippen LogP contribution in [0.2, 0.25) is 0 Å². The molecular formula is C36H54BrMnN2O2-. The molecule has 4 nitrogen and oxygen atoms in total. The van der Waals surface area contributed by atoms with Gasteiger partial charge in [0.2, 0.25) is 0 Å². The first-order chi connectivity index (χ1) is 18.2. The Kier molecular flexibility index (Phi) is 12.8. The number of hydrogen-bond acceptors (Lipinski definition) is 4. The molecule has 1 aliphatic rings. The van der Waals surface area contributed by atoms with Gasteiger partial charge in [-0.05, 0) is 57.8 Å². The molecule has 2 aromatic rings. The molecular weight excluding hydrogens is 627 g/mol. The maximum absolute atomic E-state index is 11.2. The molecule has 0 heterocycles. The number of nitrogens with zero attached hydrogens (tertiary/aromatic N) is 2. The summed E-state index contributed by atoms with van der Waals surface area (Å²) in [6.07, 6.45) is 7.90. The predicted molar refractivity (Wildman–Crippen MR) is 172 cm³/mol. The summed E-state index contributed by atoms with van der Waals surface area (Å²) in [5.41, 5.74) is 5.39. The molecule has 3 rings (SSSR count). The molecule has 0 amide bonds. The molecule has 0 saturated heterocycles. The molecule has 6 heteroatoms. The Bertz CT molecular complexity index is 1170. The summed E-state index contributed by atoms with van der Waals surface area (Å²) in [5, 5.41) is 22.5. The van der Waals surface area contributed by atoms with E-state index in [9.17, 15) is 10.2 Å². The first-order valence-corrected chi connectivity index (χ1v) is 15.0. The smallest absolute Gasteiger partial charge is 0.128 e. The van der Waals surface area contributed by atoms with Gasteiger partial charge in [-0.2, -0.15) is 0 Å². The SMILES string of the molecule is CC(C)(C)c1cc(C=N[C@@H]2CCCC[C@H]2N=Cc2cc(C(C)(C)C)cc(C(C)(C)C)c2O)c(O)c(C(C)(C)C)c1.[Br-].[Mn]. The van der Waals surface area contributed by atoms with Gasteiger partial charge in [0.25, 0.3) is 0 Å². The Labute approximate surface area is 277 Å². The van der Waals surface area contributed by atoms with Crippen LogP contribution in [-0.4, -0.2) is 34.7 Å². The van der Waals surface area contributed by atoms with E-state index in [0.29, 0.717) is 11.5 Å². The molecule has 0 aliphatic heterocycles. The number of aromatic hydroxyl groups is 2. The van der Waals surface area contributed by atoms with Gasteiger partial charge in [-0.25, -0.2) is 0 Å². The minimum Gasteiger partial charge on any atom is -1.00 e. The van der Waals surface area contributed by atoms with Crippen molar-refractivity contribution >= 4 is 12.4 Å². The van der Waals surface area contributed by atoms with Crippen LogP contribution < -0.4 is 17.0 Å². The molecule has 0 spiro atoms. The van der Waals surface area contributed by atoms with Crippen LogP contribution in [0.4, 0.5) is 0 Å². The van der Waals surface area contributed by atoms with Crippen LogP contribution in [-0.2, 0) is 38.7 Å². The average Bonchev–Trinajstić information content (AvgIpc) is 2.80. The Hall–Kier alpha value is -1.62. The number of hydrogen-bond donors (Lipinski definition) is 2. The van der Waals surface area contributed by atoms with Crippen LogP contribution in [0.25, 0.3) is 0 Å². The molecule has 1 radical (unpaired) electrons. The van der Waals surface area contributed by atoms with Gasteiger partial charge in [0.05, 0.1) is 12.1 Å². The number of halogens is 1. The molecule has 2 aromatic carbocycles. The van der Waals surface area contributed by atoms with Crippen LogP contribution in [0.5, 0.6) is 11.5 Å². The van der Waals surface area contributed by atoms with Gasteiger partial charge >= 0.3 is 0 Å². The van der Waals surface area contributed by atoms with Gasteiger partial charge in [0, 0.05) is 51.8 Å². The van der Waals surface area contributed by atoms with Crippen molar-refractivity contribution in [2.45, 2.75) is 143 Å². The summed E-state index contributed by atoms with van der Waals surface area (Å²) in [4.78, 5) is 10.1. The monoisotopic (exact) mass is 680 g/mol. The van der Waals surface area contributed by atoms with E-state index < -0.39 is 0 Å². The van der Waals surface area contributed by atoms with E-state index in [1.165, 1.54) is 11.1 Å². The third kappa shape index (κ3) is 9.44. The third-order valence-corrected chi connectivity index (χ3v) is 8.13. The first-order valence-electron chi connectivity index (χ1n) is 15.0. The summed E-state index contributed by atoms with van der Waals surface area (Å²) in [6, 6.07) is 8.53. The summed E-state index contributed by atoms with van der Waals surface area (Å²) < 4.78 is 0. The second kappa shape index (κ2) is 14.0. The van der Waals surface area contributed by atoms with Crippen molar-refractivity contribution < 1.29 is 44.3 Å². The van der Waals surface area contributed by atoms with E-state index >= 15 is 0 Å². The van der Waals surface area contributed by atoms with Crippen molar-refractivity contribution in [3.8, 4) is 11.5 Å². The minimum atomic E-state index is -0.179. The number of phenols is 2. The van der Waals surface area contributed by atoms with Crippen molar-refractivity contribution in [2.24, 2.45) is 9.98 Å². The van der Waals surface area contributed by atoms with Crippen LogP contribution in [0, 0.1) is 0 Å². The van der Waals surface area contributed by atoms with Gasteiger partial charge in [-0.15, -0.1) is 0 Å². The predicted octanol–water partition coefficient (Wildman–Crippen LogP) is 6.14. The van der Waals surface area contributed by atoms with Crippen LogP contribution in [0.1, 0.15) is 142 Å². The average molecular weight is 682 g/mol. The number of phenolic OH excluding ortho intramolecular Hbond substituents is 2. The van der Waals surface area contributed by atoms with Crippen LogP contribution in [0.3, 0.4) is 0 Å². The van der Waals surface area contributed by atoms with Crippen molar-refractivity contribution in [3.05, 3.63) is 57.6 Å². The molecule has 2 atom stereocenters. The largest absolute Gasteiger partial charge is 1.00 e. The van der Waals surface area contributed by atoms with Crippen LogP contribution in [0.15, 0.2) is 34.3 Å². The van der Waals surface area contributed by atoms with Crippen molar-refractivity contribution in [1.82, 2.24) is 0 Å². The van der Waals surface area contributed by atoms with Gasteiger partial charge in [0.15, 0.2) is 0 Å². The number of benzene rings is 2.